The summed E-state index contributed by atoms with van der Waals surface area (Å²) in [6, 6.07) is 9.82. The predicted molar refractivity (Wildman–Crippen MR) is 76.7 cm³/mol. The van der Waals surface area contributed by atoms with Crippen LogP contribution in [-0.2, 0) is 16.0 Å². The number of ether oxygens (including phenoxy) is 1. The average molecular weight is 302 g/mol. The number of carbonyl (C=O) groups is 1. The molecule has 0 aliphatic heterocycles. The summed E-state index contributed by atoms with van der Waals surface area (Å²) in [5.41, 5.74) is 1.62. The SMILES string of the molecule is COC(=O)Cc1c2cc(F)ccc2nn1-c1ccc(F)cc1. The van der Waals surface area contributed by atoms with E-state index in [1.165, 1.54) is 42.1 Å². The van der Waals surface area contributed by atoms with Gasteiger partial charge >= 0.3 is 5.97 Å². The minimum absolute atomic E-state index is 0.0617. The number of rotatable bonds is 3. The van der Waals surface area contributed by atoms with Crippen molar-refractivity contribution >= 4 is 16.9 Å². The fraction of sp³-hybridized carbons (Fsp3) is 0.125. The molecule has 6 heteroatoms. The Balaban J connectivity index is 2.21. The van der Waals surface area contributed by atoms with Crippen molar-refractivity contribution in [2.45, 2.75) is 6.42 Å². The summed E-state index contributed by atoms with van der Waals surface area (Å²) in [6.07, 6.45) is -0.0617. The largest absolute Gasteiger partial charge is 0.469 e. The van der Waals surface area contributed by atoms with Gasteiger partial charge in [0.25, 0.3) is 0 Å². The lowest BCUT2D eigenvalue weighted by Crippen LogP contribution is -2.10. The lowest BCUT2D eigenvalue weighted by Gasteiger charge is -2.07. The molecule has 22 heavy (non-hydrogen) atoms. The number of aromatic nitrogens is 2. The van der Waals surface area contributed by atoms with Crippen LogP contribution in [0.4, 0.5) is 8.78 Å². The van der Waals surface area contributed by atoms with E-state index in [9.17, 15) is 13.6 Å². The third-order valence-corrected chi connectivity index (χ3v) is 3.34. The minimum atomic E-state index is -0.463. The number of carbonyl (C=O) groups excluding carboxylic acids is 1. The second-order valence-electron chi connectivity index (χ2n) is 4.75. The molecule has 0 bridgehead atoms. The van der Waals surface area contributed by atoms with Crippen molar-refractivity contribution in [1.29, 1.82) is 0 Å². The number of hydrogen-bond acceptors (Lipinski definition) is 3. The Bertz CT molecular complexity index is 841. The third-order valence-electron chi connectivity index (χ3n) is 3.34. The molecule has 0 amide bonds. The van der Waals surface area contributed by atoms with E-state index >= 15 is 0 Å². The van der Waals surface area contributed by atoms with Crippen molar-refractivity contribution in [2.75, 3.05) is 7.11 Å². The van der Waals surface area contributed by atoms with Crippen molar-refractivity contribution in [3.63, 3.8) is 0 Å². The number of benzene rings is 2. The van der Waals surface area contributed by atoms with Crippen molar-refractivity contribution in [2.24, 2.45) is 0 Å². The van der Waals surface area contributed by atoms with E-state index in [1.807, 2.05) is 0 Å². The number of esters is 1. The zero-order valence-corrected chi connectivity index (χ0v) is 11.7. The molecule has 4 nitrogen and oxygen atoms in total. The Morgan fingerprint density at radius 3 is 2.50 bits per heavy atom. The van der Waals surface area contributed by atoms with Gasteiger partial charge in [-0.1, -0.05) is 0 Å². The summed E-state index contributed by atoms with van der Waals surface area (Å²) in [7, 11) is 1.28. The van der Waals surface area contributed by atoms with Crippen LogP contribution in [0, 0.1) is 11.6 Å². The highest BCUT2D eigenvalue weighted by molar-refractivity contribution is 5.86. The lowest BCUT2D eigenvalue weighted by molar-refractivity contribution is -0.139. The lowest BCUT2D eigenvalue weighted by atomic mass is 10.1. The van der Waals surface area contributed by atoms with Crippen LogP contribution in [0.2, 0.25) is 0 Å². The Hall–Kier alpha value is -2.76. The van der Waals surface area contributed by atoms with Crippen molar-refractivity contribution in [1.82, 2.24) is 9.78 Å². The van der Waals surface area contributed by atoms with Crippen LogP contribution < -0.4 is 0 Å². The molecule has 0 N–H and O–H groups in total. The van der Waals surface area contributed by atoms with E-state index in [0.717, 1.165) is 0 Å². The number of hydrogen-bond donors (Lipinski definition) is 0. The molecule has 0 aliphatic carbocycles. The maximum atomic E-state index is 13.5. The Labute approximate surface area is 124 Å². The maximum Gasteiger partial charge on any atom is 0.311 e. The number of nitrogens with zero attached hydrogens (tertiary/aromatic N) is 2. The van der Waals surface area contributed by atoms with E-state index in [0.29, 0.717) is 22.3 Å². The van der Waals surface area contributed by atoms with Crippen LogP contribution in [0.3, 0.4) is 0 Å². The molecule has 0 radical (unpaired) electrons. The summed E-state index contributed by atoms with van der Waals surface area (Å²) >= 11 is 0. The molecule has 3 rings (SSSR count). The van der Waals surface area contributed by atoms with E-state index in [2.05, 4.69) is 9.84 Å². The number of methoxy groups -OCH3 is 1. The molecule has 3 aromatic rings. The van der Waals surface area contributed by atoms with E-state index in [1.54, 1.807) is 12.1 Å². The van der Waals surface area contributed by atoms with Crippen LogP contribution in [0.5, 0.6) is 0 Å². The first-order valence-electron chi connectivity index (χ1n) is 6.58. The minimum Gasteiger partial charge on any atom is -0.469 e. The van der Waals surface area contributed by atoms with E-state index in [4.69, 9.17) is 0 Å². The van der Waals surface area contributed by atoms with Gasteiger partial charge in [0.2, 0.25) is 0 Å². The van der Waals surface area contributed by atoms with Crippen LogP contribution >= 0.6 is 0 Å². The van der Waals surface area contributed by atoms with Crippen molar-refractivity contribution in [3.05, 3.63) is 59.8 Å². The summed E-state index contributed by atoms with van der Waals surface area (Å²) in [4.78, 5) is 11.6. The fourth-order valence-corrected chi connectivity index (χ4v) is 2.28. The molecule has 2 aromatic carbocycles. The Morgan fingerprint density at radius 1 is 1.14 bits per heavy atom. The van der Waals surface area contributed by atoms with Gasteiger partial charge in [-0.15, -0.1) is 0 Å². The quantitative estimate of drug-likeness (QED) is 0.699. The van der Waals surface area contributed by atoms with Crippen LogP contribution in [-0.4, -0.2) is 22.9 Å². The summed E-state index contributed by atoms with van der Waals surface area (Å²) in [5.74, 6) is -1.26. The van der Waals surface area contributed by atoms with Gasteiger partial charge in [0.15, 0.2) is 0 Å². The molecule has 0 unspecified atom stereocenters. The van der Waals surface area contributed by atoms with Crippen molar-refractivity contribution in [3.8, 4) is 5.69 Å². The molecule has 0 saturated carbocycles. The monoisotopic (exact) mass is 302 g/mol. The molecular formula is C16H12F2N2O2. The second kappa shape index (κ2) is 5.55. The van der Waals surface area contributed by atoms with Crippen LogP contribution in [0.1, 0.15) is 5.69 Å². The summed E-state index contributed by atoms with van der Waals surface area (Å²) < 4.78 is 32.7. The first-order valence-corrected chi connectivity index (χ1v) is 6.58. The standard InChI is InChI=1S/C16H12F2N2O2/c1-22-16(21)9-15-13-8-11(18)4-7-14(13)19-20(15)12-5-2-10(17)3-6-12/h2-8H,9H2,1H3. The zero-order valence-electron chi connectivity index (χ0n) is 11.7. The highest BCUT2D eigenvalue weighted by Gasteiger charge is 2.17. The second-order valence-corrected chi connectivity index (χ2v) is 4.75. The molecule has 0 fully saturated rings. The maximum absolute atomic E-state index is 13.5. The van der Waals surface area contributed by atoms with Crippen LogP contribution in [0.25, 0.3) is 16.6 Å². The molecule has 0 aliphatic rings. The Kier molecular flexibility index (Phi) is 3.58. The molecule has 0 spiro atoms. The zero-order chi connectivity index (χ0) is 15.7. The van der Waals surface area contributed by atoms with Gasteiger partial charge < -0.3 is 4.74 Å². The molecule has 112 valence electrons. The predicted octanol–water partition coefficient (Wildman–Crippen LogP) is 3.02. The smallest absolute Gasteiger partial charge is 0.311 e. The van der Waals surface area contributed by atoms with E-state index < -0.39 is 11.8 Å². The van der Waals surface area contributed by atoms with Gasteiger partial charge in [-0.3, -0.25) is 4.79 Å². The first-order chi connectivity index (χ1) is 10.6. The van der Waals surface area contributed by atoms with Gasteiger partial charge in [-0.2, -0.15) is 5.10 Å². The summed E-state index contributed by atoms with van der Waals surface area (Å²) in [5, 5.41) is 4.88. The highest BCUT2D eigenvalue weighted by atomic mass is 19.1. The molecular weight excluding hydrogens is 290 g/mol. The van der Waals surface area contributed by atoms with Gasteiger partial charge in [-0.05, 0) is 42.5 Å². The van der Waals surface area contributed by atoms with Gasteiger partial charge in [0.05, 0.1) is 30.4 Å². The highest BCUT2D eigenvalue weighted by Crippen LogP contribution is 2.24. The van der Waals surface area contributed by atoms with E-state index in [-0.39, 0.29) is 12.2 Å². The fourth-order valence-electron chi connectivity index (χ4n) is 2.28. The summed E-state index contributed by atoms with van der Waals surface area (Å²) in [6.45, 7) is 0. The number of fused-ring (bicyclic) bond motifs is 1. The molecule has 0 saturated heterocycles. The average Bonchev–Trinajstić information content (AvgIpc) is 2.86. The molecule has 1 aromatic heterocycles. The van der Waals surface area contributed by atoms with Crippen molar-refractivity contribution < 1.29 is 18.3 Å². The first kappa shape index (κ1) is 14.2. The third kappa shape index (κ3) is 2.55. The van der Waals surface area contributed by atoms with Gasteiger partial charge in [0, 0.05) is 5.39 Å². The Morgan fingerprint density at radius 2 is 1.82 bits per heavy atom. The molecule has 0 atom stereocenters. The molecule has 1 heterocycles. The van der Waals surface area contributed by atoms with Gasteiger partial charge in [-0.25, -0.2) is 13.5 Å². The van der Waals surface area contributed by atoms with Gasteiger partial charge in [0.1, 0.15) is 11.6 Å². The normalized spacial score (nSPS) is 10.9. The van der Waals surface area contributed by atoms with Crippen LogP contribution in [0.15, 0.2) is 42.5 Å². The number of halogens is 2. The topological polar surface area (TPSA) is 44.1 Å².